The highest BCUT2D eigenvalue weighted by atomic mass is 79.9. The minimum absolute atomic E-state index is 0.0948. The van der Waals surface area contributed by atoms with Gasteiger partial charge in [0.2, 0.25) is 5.43 Å². The summed E-state index contributed by atoms with van der Waals surface area (Å²) < 4.78 is 0.714. The molecule has 0 atom stereocenters. The van der Waals surface area contributed by atoms with Gasteiger partial charge in [0.05, 0.1) is 5.39 Å². The first kappa shape index (κ1) is 8.91. The molecule has 0 spiro atoms. The largest absolute Gasteiger partial charge is 0.345 e. The Morgan fingerprint density at radius 1 is 1.57 bits per heavy atom. The van der Waals surface area contributed by atoms with Crippen LogP contribution in [0.3, 0.4) is 0 Å². The number of rotatable bonds is 0. The second-order valence-corrected chi connectivity index (χ2v) is 3.61. The fourth-order valence-corrected chi connectivity index (χ4v) is 1.49. The van der Waals surface area contributed by atoms with E-state index in [0.717, 1.165) is 0 Å². The lowest BCUT2D eigenvalue weighted by molar-refractivity contribution is 1.25. The van der Waals surface area contributed by atoms with Gasteiger partial charge in [-0.15, -0.1) is 0 Å². The van der Waals surface area contributed by atoms with E-state index in [9.17, 15) is 4.79 Å². The number of halogens is 1. The number of H-pyrrole nitrogens is 1. The molecule has 0 fully saturated rings. The van der Waals surface area contributed by atoms with Gasteiger partial charge in [-0.2, -0.15) is 5.26 Å². The predicted molar refractivity (Wildman–Crippen MR) is 54.8 cm³/mol. The van der Waals surface area contributed by atoms with Gasteiger partial charge in [-0.1, -0.05) is 0 Å². The molecular formula is C9H4BrN3O. The van der Waals surface area contributed by atoms with Crippen molar-refractivity contribution >= 4 is 27.0 Å². The zero-order valence-corrected chi connectivity index (χ0v) is 8.50. The van der Waals surface area contributed by atoms with Crippen molar-refractivity contribution in [1.29, 1.82) is 5.26 Å². The Labute approximate surface area is 87.3 Å². The van der Waals surface area contributed by atoms with Gasteiger partial charge in [0, 0.05) is 16.9 Å². The molecule has 14 heavy (non-hydrogen) atoms. The van der Waals surface area contributed by atoms with Gasteiger partial charge in [0.15, 0.2) is 0 Å². The fraction of sp³-hybridized carbons (Fsp3) is 0. The number of pyridine rings is 2. The Kier molecular flexibility index (Phi) is 2.06. The average molecular weight is 250 g/mol. The van der Waals surface area contributed by atoms with Crippen molar-refractivity contribution in [3.05, 3.63) is 38.7 Å². The summed E-state index contributed by atoms with van der Waals surface area (Å²) >= 11 is 3.21. The summed E-state index contributed by atoms with van der Waals surface area (Å²) in [5.41, 5.74) is 0.282. The molecule has 0 unspecified atom stereocenters. The average Bonchev–Trinajstić information content (AvgIpc) is 2.20. The van der Waals surface area contributed by atoms with Gasteiger partial charge in [0.25, 0.3) is 0 Å². The lowest BCUT2D eigenvalue weighted by atomic mass is 10.2. The molecule has 5 heteroatoms. The third-order valence-corrected chi connectivity index (χ3v) is 2.25. The molecule has 0 aromatic carbocycles. The van der Waals surface area contributed by atoms with E-state index in [1.54, 1.807) is 12.3 Å². The van der Waals surface area contributed by atoms with E-state index in [1.807, 2.05) is 6.07 Å². The Morgan fingerprint density at radius 3 is 3.07 bits per heavy atom. The van der Waals surface area contributed by atoms with Crippen LogP contribution in [0.15, 0.2) is 27.7 Å². The molecule has 4 nitrogen and oxygen atoms in total. The summed E-state index contributed by atoms with van der Waals surface area (Å²) in [6.07, 6.45) is 2.95. The van der Waals surface area contributed by atoms with Crippen molar-refractivity contribution in [3.63, 3.8) is 0 Å². The molecule has 0 radical (unpaired) electrons. The second-order valence-electron chi connectivity index (χ2n) is 2.69. The minimum atomic E-state index is -0.296. The van der Waals surface area contributed by atoms with E-state index in [4.69, 9.17) is 5.26 Å². The highest BCUT2D eigenvalue weighted by molar-refractivity contribution is 9.10. The van der Waals surface area contributed by atoms with E-state index in [-0.39, 0.29) is 11.0 Å². The lowest BCUT2D eigenvalue weighted by Crippen LogP contribution is -2.07. The van der Waals surface area contributed by atoms with Gasteiger partial charge >= 0.3 is 0 Å². The molecule has 0 saturated heterocycles. The third-order valence-electron chi connectivity index (χ3n) is 1.82. The molecule has 2 aromatic heterocycles. The minimum Gasteiger partial charge on any atom is -0.345 e. The van der Waals surface area contributed by atoms with Crippen LogP contribution < -0.4 is 5.43 Å². The van der Waals surface area contributed by atoms with Gasteiger partial charge in [-0.25, -0.2) is 4.98 Å². The van der Waals surface area contributed by atoms with Gasteiger partial charge in [0.1, 0.15) is 17.3 Å². The van der Waals surface area contributed by atoms with E-state index in [0.29, 0.717) is 15.5 Å². The number of fused-ring (bicyclic) bond motifs is 1. The number of hydrogen-bond acceptors (Lipinski definition) is 3. The summed E-state index contributed by atoms with van der Waals surface area (Å²) in [4.78, 5) is 18.4. The molecule has 0 aliphatic rings. The maximum atomic E-state index is 11.6. The van der Waals surface area contributed by atoms with Crippen LogP contribution in [0.4, 0.5) is 0 Å². The first-order valence-electron chi connectivity index (χ1n) is 3.79. The molecule has 0 aliphatic heterocycles. The Morgan fingerprint density at radius 2 is 2.36 bits per heavy atom. The summed E-state index contributed by atoms with van der Waals surface area (Å²) in [6, 6.07) is 3.46. The molecule has 0 aliphatic carbocycles. The zero-order chi connectivity index (χ0) is 10.1. The number of nitrogens with zero attached hydrogens (tertiary/aromatic N) is 2. The topological polar surface area (TPSA) is 69.5 Å². The summed E-state index contributed by atoms with van der Waals surface area (Å²) in [5.74, 6) is 0. The van der Waals surface area contributed by atoms with Crippen LogP contribution in [0.2, 0.25) is 0 Å². The fourth-order valence-electron chi connectivity index (χ4n) is 1.16. The highest BCUT2D eigenvalue weighted by Crippen LogP contribution is 2.12. The van der Waals surface area contributed by atoms with E-state index >= 15 is 0 Å². The molecule has 68 valence electrons. The maximum Gasteiger partial charge on any atom is 0.208 e. The third kappa shape index (κ3) is 1.30. The van der Waals surface area contributed by atoms with Crippen LogP contribution >= 0.6 is 15.9 Å². The lowest BCUT2D eigenvalue weighted by Gasteiger charge is -1.97. The van der Waals surface area contributed by atoms with Gasteiger partial charge in [-0.05, 0) is 22.0 Å². The van der Waals surface area contributed by atoms with Crippen molar-refractivity contribution in [1.82, 2.24) is 9.97 Å². The SMILES string of the molecule is N#Cc1c[nH]c2ncc(Br)cc2c1=O. The summed E-state index contributed by atoms with van der Waals surface area (Å²) in [6.45, 7) is 0. The molecular weight excluding hydrogens is 246 g/mol. The van der Waals surface area contributed by atoms with E-state index in [1.165, 1.54) is 6.20 Å². The number of hydrogen-bond donors (Lipinski definition) is 1. The van der Waals surface area contributed by atoms with Crippen LogP contribution in [0, 0.1) is 11.3 Å². The molecule has 2 aromatic rings. The van der Waals surface area contributed by atoms with Crippen molar-refractivity contribution in [2.24, 2.45) is 0 Å². The maximum absolute atomic E-state index is 11.6. The summed E-state index contributed by atoms with van der Waals surface area (Å²) in [7, 11) is 0. The number of aromatic nitrogens is 2. The van der Waals surface area contributed by atoms with Gasteiger partial charge in [-0.3, -0.25) is 4.79 Å². The van der Waals surface area contributed by atoms with Crippen molar-refractivity contribution in [2.45, 2.75) is 0 Å². The molecule has 2 heterocycles. The smallest absolute Gasteiger partial charge is 0.208 e. The zero-order valence-electron chi connectivity index (χ0n) is 6.91. The highest BCUT2D eigenvalue weighted by Gasteiger charge is 2.05. The van der Waals surface area contributed by atoms with Crippen LogP contribution in [-0.2, 0) is 0 Å². The number of nitrogens with one attached hydrogen (secondary N) is 1. The van der Waals surface area contributed by atoms with E-state index in [2.05, 4.69) is 25.9 Å². The quantitative estimate of drug-likeness (QED) is 0.771. The second kappa shape index (κ2) is 3.24. The Balaban J connectivity index is 2.96. The molecule has 0 amide bonds. The van der Waals surface area contributed by atoms with E-state index < -0.39 is 0 Å². The Hall–Kier alpha value is -1.67. The molecule has 0 bridgehead atoms. The van der Waals surface area contributed by atoms with Crippen LogP contribution in [-0.4, -0.2) is 9.97 Å². The van der Waals surface area contributed by atoms with Crippen molar-refractivity contribution in [3.8, 4) is 6.07 Å². The molecule has 0 saturated carbocycles. The number of aromatic amines is 1. The van der Waals surface area contributed by atoms with Crippen LogP contribution in [0.1, 0.15) is 5.56 Å². The van der Waals surface area contributed by atoms with Crippen LogP contribution in [0.25, 0.3) is 11.0 Å². The monoisotopic (exact) mass is 249 g/mol. The predicted octanol–water partition coefficient (Wildman–Crippen LogP) is 1.56. The van der Waals surface area contributed by atoms with Crippen molar-refractivity contribution < 1.29 is 0 Å². The molecule has 1 N–H and O–H groups in total. The standard InChI is InChI=1S/C9H4BrN3O/c10-6-1-7-8(14)5(2-11)3-12-9(7)13-4-6/h1,3-4H,(H,12,13,14). The van der Waals surface area contributed by atoms with Crippen LogP contribution in [0.5, 0.6) is 0 Å². The first-order chi connectivity index (χ1) is 6.72. The summed E-state index contributed by atoms with van der Waals surface area (Å²) in [5, 5.41) is 9.06. The normalized spacial score (nSPS) is 10.0. The molecule has 2 rings (SSSR count). The van der Waals surface area contributed by atoms with Crippen molar-refractivity contribution in [2.75, 3.05) is 0 Å². The van der Waals surface area contributed by atoms with Gasteiger partial charge < -0.3 is 4.98 Å². The number of nitriles is 1. The Bertz CT molecular complexity index is 597. The first-order valence-corrected chi connectivity index (χ1v) is 4.58.